The summed E-state index contributed by atoms with van der Waals surface area (Å²) in [4.78, 5) is 13.5. The molecule has 1 aromatic carbocycles. The van der Waals surface area contributed by atoms with Crippen LogP contribution in [-0.2, 0) is 20.5 Å². The van der Waals surface area contributed by atoms with E-state index in [9.17, 15) is 13.2 Å². The second-order valence-corrected chi connectivity index (χ2v) is 9.04. The number of amides is 1. The third-order valence-corrected chi connectivity index (χ3v) is 5.24. The number of carbonyl (C=O) groups is 1. The van der Waals surface area contributed by atoms with Gasteiger partial charge in [-0.3, -0.25) is 0 Å². The van der Waals surface area contributed by atoms with Crippen LogP contribution in [-0.4, -0.2) is 44.1 Å². The van der Waals surface area contributed by atoms with Crippen LogP contribution in [0, 0.1) is 0 Å². The molecule has 1 amide bonds. The molecule has 1 fully saturated rings. The lowest BCUT2D eigenvalue weighted by Crippen LogP contribution is -2.40. The summed E-state index contributed by atoms with van der Waals surface area (Å²) in [6.07, 6.45) is 0.136. The predicted molar refractivity (Wildman–Crippen MR) is 93.4 cm³/mol. The topological polar surface area (TPSA) is 75.7 Å². The zero-order valence-corrected chi connectivity index (χ0v) is 15.7. The maximum atomic E-state index is 12.3. The minimum atomic E-state index is -3.54. The molecule has 0 saturated carbocycles. The fourth-order valence-corrected chi connectivity index (χ4v) is 4.19. The molecule has 0 radical (unpaired) electrons. The lowest BCUT2D eigenvalue weighted by atomic mass is 10.2. The Kier molecular flexibility index (Phi) is 5.78. The molecule has 134 valence electrons. The Morgan fingerprint density at radius 2 is 2.04 bits per heavy atom. The van der Waals surface area contributed by atoms with E-state index in [1.807, 2.05) is 0 Å². The molecule has 24 heavy (non-hydrogen) atoms. The summed E-state index contributed by atoms with van der Waals surface area (Å²) in [5, 5.41) is 0.421. The maximum absolute atomic E-state index is 12.3. The van der Waals surface area contributed by atoms with Gasteiger partial charge >= 0.3 is 6.09 Å². The van der Waals surface area contributed by atoms with Gasteiger partial charge in [0.05, 0.1) is 5.75 Å². The average molecular weight is 375 g/mol. The third-order valence-electron chi connectivity index (χ3n) is 3.49. The predicted octanol–water partition coefficient (Wildman–Crippen LogP) is 2.77. The molecule has 0 aliphatic carbocycles. The van der Waals surface area contributed by atoms with Crippen LogP contribution in [0.1, 0.15) is 32.8 Å². The third kappa shape index (κ3) is 5.65. The molecule has 0 spiro atoms. The first-order valence-electron chi connectivity index (χ1n) is 7.77. The van der Waals surface area contributed by atoms with Gasteiger partial charge in [-0.05, 0) is 38.8 Å². The number of sulfonamides is 1. The molecule has 1 aliphatic rings. The molecule has 1 unspecified atom stereocenters. The molecule has 8 heteroatoms. The van der Waals surface area contributed by atoms with E-state index in [-0.39, 0.29) is 11.8 Å². The minimum absolute atomic E-state index is 0.185. The Balaban J connectivity index is 1.92. The van der Waals surface area contributed by atoms with Crippen LogP contribution in [0.5, 0.6) is 0 Å². The molecule has 0 bridgehead atoms. The highest BCUT2D eigenvalue weighted by molar-refractivity contribution is 7.88. The van der Waals surface area contributed by atoms with E-state index in [1.165, 1.54) is 4.90 Å². The highest BCUT2D eigenvalue weighted by atomic mass is 35.5. The SMILES string of the molecule is CC(C)(C)OC(=O)N1CCC(NS(=O)(=O)Cc2ccccc2Cl)C1. The number of nitrogens with zero attached hydrogens (tertiary/aromatic N) is 1. The van der Waals surface area contributed by atoms with Crippen LogP contribution in [0.15, 0.2) is 24.3 Å². The number of hydrogen-bond acceptors (Lipinski definition) is 4. The molecular weight excluding hydrogens is 352 g/mol. The number of nitrogens with one attached hydrogen (secondary N) is 1. The van der Waals surface area contributed by atoms with E-state index in [0.29, 0.717) is 30.1 Å². The summed E-state index contributed by atoms with van der Waals surface area (Å²) in [5.74, 6) is -0.185. The first kappa shape index (κ1) is 19.0. The van der Waals surface area contributed by atoms with Crippen molar-refractivity contribution in [1.82, 2.24) is 9.62 Å². The number of rotatable bonds is 4. The lowest BCUT2D eigenvalue weighted by molar-refractivity contribution is 0.0292. The van der Waals surface area contributed by atoms with E-state index in [1.54, 1.807) is 45.0 Å². The van der Waals surface area contributed by atoms with E-state index < -0.39 is 21.7 Å². The van der Waals surface area contributed by atoms with Gasteiger partial charge in [0.1, 0.15) is 5.60 Å². The Hall–Kier alpha value is -1.31. The van der Waals surface area contributed by atoms with Crippen molar-refractivity contribution in [3.63, 3.8) is 0 Å². The second-order valence-electron chi connectivity index (χ2n) is 6.88. The van der Waals surface area contributed by atoms with Crippen molar-refractivity contribution in [3.8, 4) is 0 Å². The highest BCUT2D eigenvalue weighted by Crippen LogP contribution is 2.19. The zero-order chi connectivity index (χ0) is 18.0. The first-order chi connectivity index (χ1) is 11.1. The fourth-order valence-electron chi connectivity index (χ4n) is 2.46. The van der Waals surface area contributed by atoms with E-state index in [4.69, 9.17) is 16.3 Å². The Morgan fingerprint density at radius 3 is 2.67 bits per heavy atom. The number of likely N-dealkylation sites (tertiary alicyclic amines) is 1. The van der Waals surface area contributed by atoms with Gasteiger partial charge in [-0.15, -0.1) is 0 Å². The number of carbonyl (C=O) groups excluding carboxylic acids is 1. The Labute approximate surface area is 148 Å². The lowest BCUT2D eigenvalue weighted by Gasteiger charge is -2.24. The maximum Gasteiger partial charge on any atom is 0.410 e. The van der Waals surface area contributed by atoms with Gasteiger partial charge in [0.2, 0.25) is 10.0 Å². The van der Waals surface area contributed by atoms with E-state index in [2.05, 4.69) is 4.72 Å². The highest BCUT2D eigenvalue weighted by Gasteiger charge is 2.32. The number of ether oxygens (including phenoxy) is 1. The summed E-state index contributed by atoms with van der Waals surface area (Å²) in [6, 6.07) is 6.53. The van der Waals surface area contributed by atoms with Crippen LogP contribution in [0.4, 0.5) is 4.79 Å². The van der Waals surface area contributed by atoms with Crippen molar-refractivity contribution < 1.29 is 17.9 Å². The van der Waals surface area contributed by atoms with E-state index >= 15 is 0 Å². The fraction of sp³-hybridized carbons (Fsp3) is 0.562. The summed E-state index contributed by atoms with van der Waals surface area (Å²) in [7, 11) is -3.54. The molecule has 0 aromatic heterocycles. The Morgan fingerprint density at radius 1 is 1.38 bits per heavy atom. The molecule has 1 saturated heterocycles. The van der Waals surface area contributed by atoms with Crippen molar-refractivity contribution in [1.29, 1.82) is 0 Å². The monoisotopic (exact) mass is 374 g/mol. The number of benzene rings is 1. The standard InChI is InChI=1S/C16H23ClN2O4S/c1-16(2,3)23-15(20)19-9-8-13(10-19)18-24(21,22)11-12-6-4-5-7-14(12)17/h4-7,13,18H,8-11H2,1-3H3. The van der Waals surface area contributed by atoms with E-state index in [0.717, 1.165) is 0 Å². The van der Waals surface area contributed by atoms with Crippen LogP contribution in [0.25, 0.3) is 0 Å². The molecule has 1 aliphatic heterocycles. The average Bonchev–Trinajstić information content (AvgIpc) is 2.87. The summed E-state index contributed by atoms with van der Waals surface area (Å²) in [6.45, 7) is 6.16. The summed E-state index contributed by atoms with van der Waals surface area (Å²) in [5.41, 5.74) is -0.0210. The molecule has 1 aromatic rings. The normalized spacial score (nSPS) is 18.7. The van der Waals surface area contributed by atoms with Crippen molar-refractivity contribution in [3.05, 3.63) is 34.9 Å². The van der Waals surface area contributed by atoms with Gasteiger partial charge in [-0.2, -0.15) is 0 Å². The molecule has 2 rings (SSSR count). The van der Waals surface area contributed by atoms with Gasteiger partial charge in [-0.1, -0.05) is 29.8 Å². The second kappa shape index (κ2) is 7.29. The minimum Gasteiger partial charge on any atom is -0.444 e. The molecule has 6 nitrogen and oxygen atoms in total. The van der Waals surface area contributed by atoms with Gasteiger partial charge < -0.3 is 9.64 Å². The van der Waals surface area contributed by atoms with Crippen molar-refractivity contribution in [2.45, 2.75) is 44.6 Å². The Bertz CT molecular complexity index is 700. The van der Waals surface area contributed by atoms with Gasteiger partial charge in [0.15, 0.2) is 0 Å². The van der Waals surface area contributed by atoms with Gasteiger partial charge in [-0.25, -0.2) is 17.9 Å². The smallest absolute Gasteiger partial charge is 0.410 e. The molecule has 1 heterocycles. The van der Waals surface area contributed by atoms with Crippen LogP contribution in [0.2, 0.25) is 5.02 Å². The van der Waals surface area contributed by atoms with Crippen molar-refractivity contribution >= 4 is 27.7 Å². The van der Waals surface area contributed by atoms with Crippen molar-refractivity contribution in [2.24, 2.45) is 0 Å². The number of halogens is 1. The number of hydrogen-bond donors (Lipinski definition) is 1. The molecule has 1 N–H and O–H groups in total. The molecular formula is C16H23ClN2O4S. The van der Waals surface area contributed by atoms with Crippen LogP contribution >= 0.6 is 11.6 Å². The summed E-state index contributed by atoms with van der Waals surface area (Å²) >= 11 is 6.01. The van der Waals surface area contributed by atoms with Crippen LogP contribution in [0.3, 0.4) is 0 Å². The van der Waals surface area contributed by atoms with Crippen molar-refractivity contribution in [2.75, 3.05) is 13.1 Å². The first-order valence-corrected chi connectivity index (χ1v) is 9.80. The van der Waals surface area contributed by atoms with Crippen LogP contribution < -0.4 is 4.72 Å². The quantitative estimate of drug-likeness (QED) is 0.879. The largest absolute Gasteiger partial charge is 0.444 e. The molecule has 1 atom stereocenters. The summed E-state index contributed by atoms with van der Waals surface area (Å²) < 4.78 is 32.6. The zero-order valence-electron chi connectivity index (χ0n) is 14.1. The van der Waals surface area contributed by atoms with Gasteiger partial charge in [0, 0.05) is 24.2 Å². The van der Waals surface area contributed by atoms with Gasteiger partial charge in [0.25, 0.3) is 0 Å².